The SMILES string of the molecule is C#CC(C)(CC)NC(=O)C(C)n1nc([N+](=O)[O-])c(Br)c1C. The third kappa shape index (κ3) is 3.42. The van der Waals surface area contributed by atoms with E-state index in [-0.39, 0.29) is 16.2 Å². The summed E-state index contributed by atoms with van der Waals surface area (Å²) in [5.74, 6) is 1.88. The van der Waals surface area contributed by atoms with E-state index in [2.05, 4.69) is 32.3 Å². The fourth-order valence-electron chi connectivity index (χ4n) is 1.69. The summed E-state index contributed by atoms with van der Waals surface area (Å²) in [5.41, 5.74) is -0.251. The number of halogens is 1. The Morgan fingerprint density at radius 3 is 2.67 bits per heavy atom. The summed E-state index contributed by atoms with van der Waals surface area (Å²) in [6, 6.07) is -0.714. The Morgan fingerprint density at radius 2 is 2.29 bits per heavy atom. The Balaban J connectivity index is 3.07. The molecule has 1 amide bonds. The van der Waals surface area contributed by atoms with Crippen LogP contribution >= 0.6 is 15.9 Å². The van der Waals surface area contributed by atoms with Crippen molar-refractivity contribution in [2.45, 2.75) is 45.7 Å². The minimum Gasteiger partial charge on any atom is -0.358 e. The number of carbonyl (C=O) groups is 1. The molecule has 1 rings (SSSR count). The first-order valence-electron chi connectivity index (χ1n) is 6.35. The van der Waals surface area contributed by atoms with Gasteiger partial charge in [0.1, 0.15) is 10.5 Å². The molecule has 1 aromatic heterocycles. The van der Waals surface area contributed by atoms with Crippen LogP contribution in [0.5, 0.6) is 0 Å². The van der Waals surface area contributed by atoms with Crippen molar-refractivity contribution in [1.29, 1.82) is 0 Å². The standard InChI is InChI=1S/C13H17BrN4O3/c1-6-13(5,7-2)15-12(19)9(4)17-8(3)10(14)11(16-17)18(20)21/h1,9H,7H2,2-5H3,(H,15,19). The van der Waals surface area contributed by atoms with Gasteiger partial charge < -0.3 is 15.4 Å². The Kier molecular flexibility index (Phi) is 5.12. The van der Waals surface area contributed by atoms with Gasteiger partial charge in [-0.2, -0.15) is 4.68 Å². The van der Waals surface area contributed by atoms with Crippen LogP contribution in [0, 0.1) is 29.4 Å². The molecule has 2 atom stereocenters. The fraction of sp³-hybridized carbons (Fsp3) is 0.538. The Bertz CT molecular complexity index is 620. The zero-order valence-electron chi connectivity index (χ0n) is 12.3. The van der Waals surface area contributed by atoms with Crippen LogP contribution in [0.1, 0.15) is 38.9 Å². The molecular formula is C13H17BrN4O3. The van der Waals surface area contributed by atoms with Crippen molar-refractivity contribution in [2.24, 2.45) is 0 Å². The van der Waals surface area contributed by atoms with Crippen molar-refractivity contribution in [1.82, 2.24) is 15.1 Å². The third-order valence-corrected chi connectivity index (χ3v) is 4.33. The van der Waals surface area contributed by atoms with E-state index >= 15 is 0 Å². The van der Waals surface area contributed by atoms with Crippen molar-refractivity contribution in [3.63, 3.8) is 0 Å². The van der Waals surface area contributed by atoms with Gasteiger partial charge >= 0.3 is 5.82 Å². The number of carbonyl (C=O) groups excluding carboxylic acids is 1. The number of hydrogen-bond acceptors (Lipinski definition) is 4. The fourth-order valence-corrected chi connectivity index (χ4v) is 2.10. The van der Waals surface area contributed by atoms with Gasteiger partial charge in [-0.15, -0.1) is 6.42 Å². The lowest BCUT2D eigenvalue weighted by Crippen LogP contribution is -2.47. The van der Waals surface area contributed by atoms with Crippen molar-refractivity contribution < 1.29 is 9.72 Å². The maximum absolute atomic E-state index is 12.3. The van der Waals surface area contributed by atoms with E-state index in [9.17, 15) is 14.9 Å². The Labute approximate surface area is 131 Å². The summed E-state index contributed by atoms with van der Waals surface area (Å²) in [6.07, 6.45) is 5.99. The van der Waals surface area contributed by atoms with Crippen LogP contribution in [0.3, 0.4) is 0 Å². The van der Waals surface area contributed by atoms with Crippen LogP contribution in [-0.4, -0.2) is 26.1 Å². The molecule has 0 aliphatic carbocycles. The Morgan fingerprint density at radius 1 is 1.71 bits per heavy atom. The second-order valence-electron chi connectivity index (χ2n) is 4.92. The number of nitro groups is 1. The average Bonchev–Trinajstić information content (AvgIpc) is 2.74. The predicted molar refractivity (Wildman–Crippen MR) is 81.7 cm³/mol. The molecule has 1 aromatic rings. The second-order valence-corrected chi connectivity index (χ2v) is 5.71. The van der Waals surface area contributed by atoms with Gasteiger partial charge in [0, 0.05) is 0 Å². The molecular weight excluding hydrogens is 340 g/mol. The predicted octanol–water partition coefficient (Wildman–Crippen LogP) is 2.34. The van der Waals surface area contributed by atoms with Gasteiger partial charge in [0.2, 0.25) is 5.91 Å². The molecule has 2 unspecified atom stereocenters. The van der Waals surface area contributed by atoms with Crippen molar-refractivity contribution >= 4 is 27.7 Å². The van der Waals surface area contributed by atoms with E-state index < -0.39 is 16.5 Å². The second kappa shape index (κ2) is 6.26. The molecule has 8 heteroatoms. The van der Waals surface area contributed by atoms with Gasteiger partial charge in [-0.25, -0.2) is 0 Å². The summed E-state index contributed by atoms with van der Waals surface area (Å²) >= 11 is 3.12. The normalized spacial score (nSPS) is 14.9. The molecule has 0 aliphatic rings. The minimum absolute atomic E-state index is 0.266. The van der Waals surface area contributed by atoms with Crippen LogP contribution in [-0.2, 0) is 4.79 Å². The summed E-state index contributed by atoms with van der Waals surface area (Å²) in [4.78, 5) is 22.5. The highest BCUT2D eigenvalue weighted by atomic mass is 79.9. The molecule has 0 saturated carbocycles. The highest BCUT2D eigenvalue weighted by Gasteiger charge is 2.31. The van der Waals surface area contributed by atoms with Gasteiger partial charge in [-0.05, 0) is 48.0 Å². The van der Waals surface area contributed by atoms with E-state index in [1.165, 1.54) is 4.68 Å². The van der Waals surface area contributed by atoms with Crippen molar-refractivity contribution in [3.8, 4) is 12.3 Å². The minimum atomic E-state index is -0.754. The van der Waals surface area contributed by atoms with E-state index in [1.807, 2.05) is 6.92 Å². The van der Waals surface area contributed by atoms with E-state index in [4.69, 9.17) is 6.42 Å². The molecule has 0 aromatic carbocycles. The van der Waals surface area contributed by atoms with Gasteiger partial charge in [0.15, 0.2) is 0 Å². The first-order valence-corrected chi connectivity index (χ1v) is 7.15. The molecule has 0 fully saturated rings. The summed E-state index contributed by atoms with van der Waals surface area (Å²) < 4.78 is 1.58. The molecule has 21 heavy (non-hydrogen) atoms. The van der Waals surface area contributed by atoms with E-state index in [0.29, 0.717) is 12.1 Å². The number of nitrogens with one attached hydrogen (secondary N) is 1. The van der Waals surface area contributed by atoms with Gasteiger partial charge in [-0.3, -0.25) is 4.79 Å². The lowest BCUT2D eigenvalue weighted by molar-refractivity contribution is -0.390. The molecule has 0 radical (unpaired) electrons. The number of amides is 1. The largest absolute Gasteiger partial charge is 0.404 e. The molecule has 0 saturated heterocycles. The average molecular weight is 357 g/mol. The number of hydrogen-bond donors (Lipinski definition) is 1. The number of nitrogens with zero attached hydrogens (tertiary/aromatic N) is 3. The highest BCUT2D eigenvalue weighted by Crippen LogP contribution is 2.29. The van der Waals surface area contributed by atoms with Crippen molar-refractivity contribution in [3.05, 3.63) is 20.3 Å². The topological polar surface area (TPSA) is 90.1 Å². The molecule has 0 bridgehead atoms. The maximum Gasteiger partial charge on any atom is 0.404 e. The third-order valence-electron chi connectivity index (χ3n) is 3.40. The molecule has 1 N–H and O–H groups in total. The molecule has 7 nitrogen and oxygen atoms in total. The van der Waals surface area contributed by atoms with Gasteiger partial charge in [-0.1, -0.05) is 12.8 Å². The molecule has 0 aliphatic heterocycles. The van der Waals surface area contributed by atoms with Crippen LogP contribution in [0.25, 0.3) is 0 Å². The zero-order valence-corrected chi connectivity index (χ0v) is 13.9. The van der Waals surface area contributed by atoms with Crippen LogP contribution in [0.2, 0.25) is 0 Å². The summed E-state index contributed by atoms with van der Waals surface area (Å²) in [7, 11) is 0. The Hall–Kier alpha value is -1.88. The van der Waals surface area contributed by atoms with Crippen molar-refractivity contribution in [2.75, 3.05) is 0 Å². The number of rotatable bonds is 5. The highest BCUT2D eigenvalue weighted by molar-refractivity contribution is 9.10. The van der Waals surface area contributed by atoms with Crippen LogP contribution < -0.4 is 5.32 Å². The first kappa shape index (κ1) is 17.2. The monoisotopic (exact) mass is 356 g/mol. The lowest BCUT2D eigenvalue weighted by Gasteiger charge is -2.25. The molecule has 0 spiro atoms. The number of aromatic nitrogens is 2. The molecule has 114 valence electrons. The quantitative estimate of drug-likeness (QED) is 0.498. The number of terminal acetylenes is 1. The van der Waals surface area contributed by atoms with Crippen LogP contribution in [0.15, 0.2) is 4.47 Å². The first-order chi connectivity index (χ1) is 9.66. The van der Waals surface area contributed by atoms with E-state index in [1.54, 1.807) is 20.8 Å². The van der Waals surface area contributed by atoms with Gasteiger partial charge in [0.25, 0.3) is 0 Å². The summed E-state index contributed by atoms with van der Waals surface area (Å²) in [6.45, 7) is 6.86. The van der Waals surface area contributed by atoms with E-state index in [0.717, 1.165) is 0 Å². The zero-order chi connectivity index (χ0) is 16.4. The van der Waals surface area contributed by atoms with Crippen LogP contribution in [0.4, 0.5) is 5.82 Å². The maximum atomic E-state index is 12.3. The molecule has 1 heterocycles. The van der Waals surface area contributed by atoms with Gasteiger partial charge in [0.05, 0.1) is 16.3 Å². The lowest BCUT2D eigenvalue weighted by atomic mass is 10.00. The smallest absolute Gasteiger partial charge is 0.358 e. The summed E-state index contributed by atoms with van der Waals surface area (Å²) in [5, 5.41) is 17.5.